The summed E-state index contributed by atoms with van der Waals surface area (Å²) in [5, 5.41) is 7.35. The van der Waals surface area contributed by atoms with Gasteiger partial charge in [-0.15, -0.1) is 0 Å². The molecular weight excluding hydrogens is 396 g/mol. The van der Waals surface area contributed by atoms with Crippen molar-refractivity contribution < 1.29 is 23.9 Å². The van der Waals surface area contributed by atoms with Gasteiger partial charge in [-0.1, -0.05) is 60.7 Å². The molecule has 0 radical (unpaired) electrons. The fourth-order valence-corrected chi connectivity index (χ4v) is 3.07. The summed E-state index contributed by atoms with van der Waals surface area (Å²) in [6.07, 6.45) is 0. The third-order valence-electron chi connectivity index (χ3n) is 4.57. The number of nitrogens with one attached hydrogen (secondary N) is 2. The highest BCUT2D eigenvalue weighted by Crippen LogP contribution is 2.23. The Morgan fingerprint density at radius 2 is 1.55 bits per heavy atom. The van der Waals surface area contributed by atoms with Crippen LogP contribution in [0.4, 0.5) is 0 Å². The highest BCUT2D eigenvalue weighted by Gasteiger charge is 2.14. The van der Waals surface area contributed by atoms with Crippen LogP contribution in [-0.2, 0) is 19.1 Å². The zero-order chi connectivity index (χ0) is 22.1. The molecule has 31 heavy (non-hydrogen) atoms. The Bertz CT molecular complexity index is 1050. The number of esters is 1. The van der Waals surface area contributed by atoms with Crippen LogP contribution >= 0.6 is 0 Å². The van der Waals surface area contributed by atoms with E-state index in [1.807, 2.05) is 55.5 Å². The number of amides is 2. The van der Waals surface area contributed by atoms with E-state index in [2.05, 4.69) is 10.6 Å². The van der Waals surface area contributed by atoms with E-state index in [0.717, 1.165) is 16.3 Å². The molecule has 0 spiro atoms. The maximum atomic E-state index is 12.2. The topological polar surface area (TPSA) is 93.7 Å². The molecule has 0 bridgehead atoms. The maximum Gasteiger partial charge on any atom is 0.325 e. The van der Waals surface area contributed by atoms with Crippen LogP contribution in [0, 0.1) is 0 Å². The molecule has 0 aliphatic carbocycles. The highest BCUT2D eigenvalue weighted by atomic mass is 16.5. The standard InChI is InChI=1S/C24H24N2O5/c1-17(20-13-7-9-18-8-5-6-12-21(18)20)26-23(28)16-31-24(29)14-25-22(27)15-30-19-10-3-2-4-11-19/h2-13,17H,14-16H2,1H3,(H,25,27)(H,26,28). The predicted octanol–water partition coefficient (Wildman–Crippen LogP) is 2.76. The van der Waals surface area contributed by atoms with E-state index < -0.39 is 24.4 Å². The first kappa shape index (κ1) is 21.8. The Morgan fingerprint density at radius 3 is 2.35 bits per heavy atom. The Balaban J connectivity index is 1.38. The Hall–Kier alpha value is -3.87. The molecule has 0 fully saturated rings. The second-order valence-electron chi connectivity index (χ2n) is 6.90. The maximum absolute atomic E-state index is 12.2. The highest BCUT2D eigenvalue weighted by molar-refractivity contribution is 5.87. The second-order valence-corrected chi connectivity index (χ2v) is 6.90. The second kappa shape index (κ2) is 10.8. The van der Waals surface area contributed by atoms with Gasteiger partial charge in [-0.25, -0.2) is 0 Å². The molecule has 0 aliphatic heterocycles. The lowest BCUT2D eigenvalue weighted by Gasteiger charge is -2.16. The summed E-state index contributed by atoms with van der Waals surface area (Å²) in [4.78, 5) is 35.7. The first-order valence-electron chi connectivity index (χ1n) is 9.90. The molecular formula is C24H24N2O5. The predicted molar refractivity (Wildman–Crippen MR) is 116 cm³/mol. The van der Waals surface area contributed by atoms with Gasteiger partial charge in [0.25, 0.3) is 11.8 Å². The van der Waals surface area contributed by atoms with E-state index in [9.17, 15) is 14.4 Å². The lowest BCUT2D eigenvalue weighted by Crippen LogP contribution is -2.36. The largest absolute Gasteiger partial charge is 0.484 e. The van der Waals surface area contributed by atoms with Crippen LogP contribution in [0.1, 0.15) is 18.5 Å². The number of para-hydroxylation sites is 1. The number of hydrogen-bond acceptors (Lipinski definition) is 5. The summed E-state index contributed by atoms with van der Waals surface area (Å²) in [6.45, 7) is 0.877. The van der Waals surface area contributed by atoms with Crippen LogP contribution in [0.3, 0.4) is 0 Å². The van der Waals surface area contributed by atoms with Gasteiger partial charge in [0.05, 0.1) is 6.04 Å². The number of fused-ring (bicyclic) bond motifs is 1. The van der Waals surface area contributed by atoms with Crippen molar-refractivity contribution in [3.8, 4) is 5.75 Å². The minimum Gasteiger partial charge on any atom is -0.484 e. The lowest BCUT2D eigenvalue weighted by atomic mass is 10.00. The molecule has 0 heterocycles. The van der Waals surface area contributed by atoms with E-state index in [-0.39, 0.29) is 19.2 Å². The molecule has 3 rings (SSSR count). The fourth-order valence-electron chi connectivity index (χ4n) is 3.07. The number of ether oxygens (including phenoxy) is 2. The molecule has 0 aliphatic rings. The molecule has 2 amide bonds. The van der Waals surface area contributed by atoms with Crippen molar-refractivity contribution in [1.82, 2.24) is 10.6 Å². The molecule has 7 heteroatoms. The summed E-state index contributed by atoms with van der Waals surface area (Å²) in [6, 6.07) is 22.4. The van der Waals surface area contributed by atoms with E-state index in [1.54, 1.807) is 24.3 Å². The normalized spacial score (nSPS) is 11.4. The third-order valence-corrected chi connectivity index (χ3v) is 4.57. The van der Waals surface area contributed by atoms with Crippen LogP contribution in [0.5, 0.6) is 5.75 Å². The quantitative estimate of drug-likeness (QED) is 0.519. The molecule has 7 nitrogen and oxygen atoms in total. The molecule has 160 valence electrons. The number of benzene rings is 3. The van der Waals surface area contributed by atoms with Gasteiger partial charge >= 0.3 is 5.97 Å². The van der Waals surface area contributed by atoms with Gasteiger partial charge in [0.2, 0.25) is 0 Å². The zero-order valence-electron chi connectivity index (χ0n) is 17.2. The van der Waals surface area contributed by atoms with Gasteiger partial charge in [-0.05, 0) is 35.4 Å². The van der Waals surface area contributed by atoms with Crippen LogP contribution in [0.25, 0.3) is 10.8 Å². The van der Waals surface area contributed by atoms with Gasteiger partial charge in [0, 0.05) is 0 Å². The molecule has 3 aromatic carbocycles. The minimum absolute atomic E-state index is 0.222. The zero-order valence-corrected chi connectivity index (χ0v) is 17.2. The van der Waals surface area contributed by atoms with Crippen molar-refractivity contribution in [1.29, 1.82) is 0 Å². The Kier molecular flexibility index (Phi) is 7.59. The first-order chi connectivity index (χ1) is 15.0. The molecule has 0 saturated carbocycles. The van der Waals surface area contributed by atoms with Crippen molar-refractivity contribution in [2.45, 2.75) is 13.0 Å². The van der Waals surface area contributed by atoms with Crippen LogP contribution < -0.4 is 15.4 Å². The van der Waals surface area contributed by atoms with Crippen LogP contribution in [0.15, 0.2) is 72.8 Å². The molecule has 3 aromatic rings. The SMILES string of the molecule is CC(NC(=O)COC(=O)CNC(=O)COc1ccccc1)c1cccc2ccccc12. The summed E-state index contributed by atoms with van der Waals surface area (Å²) < 4.78 is 10.2. The summed E-state index contributed by atoms with van der Waals surface area (Å²) >= 11 is 0. The van der Waals surface area contributed by atoms with Crippen LogP contribution in [-0.4, -0.2) is 37.5 Å². The average Bonchev–Trinajstić information content (AvgIpc) is 2.80. The van der Waals surface area contributed by atoms with E-state index in [1.165, 1.54) is 0 Å². The van der Waals surface area contributed by atoms with Crippen molar-refractivity contribution in [2.75, 3.05) is 19.8 Å². The molecule has 1 atom stereocenters. The molecule has 0 aromatic heterocycles. The smallest absolute Gasteiger partial charge is 0.325 e. The van der Waals surface area contributed by atoms with Gasteiger partial charge in [-0.2, -0.15) is 0 Å². The molecule has 2 N–H and O–H groups in total. The Morgan fingerprint density at radius 1 is 0.839 bits per heavy atom. The Labute approximate surface area is 180 Å². The van der Waals surface area contributed by atoms with Gasteiger partial charge < -0.3 is 20.1 Å². The molecule has 0 saturated heterocycles. The van der Waals surface area contributed by atoms with E-state index in [0.29, 0.717) is 5.75 Å². The summed E-state index contributed by atoms with van der Waals surface area (Å²) in [7, 11) is 0. The van der Waals surface area contributed by atoms with E-state index in [4.69, 9.17) is 9.47 Å². The third kappa shape index (κ3) is 6.57. The van der Waals surface area contributed by atoms with Crippen molar-refractivity contribution in [3.63, 3.8) is 0 Å². The summed E-state index contributed by atoms with van der Waals surface area (Å²) in [5.41, 5.74) is 0.975. The average molecular weight is 420 g/mol. The fraction of sp³-hybridized carbons (Fsp3) is 0.208. The molecule has 1 unspecified atom stereocenters. The number of hydrogen-bond donors (Lipinski definition) is 2. The van der Waals surface area contributed by atoms with Gasteiger partial charge in [-0.3, -0.25) is 14.4 Å². The number of carbonyl (C=O) groups excluding carboxylic acids is 3. The lowest BCUT2D eigenvalue weighted by molar-refractivity contribution is -0.148. The van der Waals surface area contributed by atoms with Crippen LogP contribution in [0.2, 0.25) is 0 Å². The summed E-state index contributed by atoms with van der Waals surface area (Å²) in [5.74, 6) is -1.04. The first-order valence-corrected chi connectivity index (χ1v) is 9.90. The van der Waals surface area contributed by atoms with E-state index >= 15 is 0 Å². The van der Waals surface area contributed by atoms with Crippen molar-refractivity contribution >= 4 is 28.6 Å². The van der Waals surface area contributed by atoms with Crippen molar-refractivity contribution in [3.05, 3.63) is 78.4 Å². The van der Waals surface area contributed by atoms with Crippen molar-refractivity contribution in [2.24, 2.45) is 0 Å². The monoisotopic (exact) mass is 420 g/mol. The number of carbonyl (C=O) groups is 3. The number of rotatable bonds is 9. The van der Waals surface area contributed by atoms with Gasteiger partial charge in [0.1, 0.15) is 12.3 Å². The minimum atomic E-state index is -0.707. The van der Waals surface area contributed by atoms with Gasteiger partial charge in [0.15, 0.2) is 13.2 Å².